The van der Waals surface area contributed by atoms with Gasteiger partial charge in [-0.3, -0.25) is 10.2 Å². The molecule has 2 N–H and O–H groups in total. The van der Waals surface area contributed by atoms with E-state index in [0.29, 0.717) is 17.5 Å². The van der Waals surface area contributed by atoms with Crippen LogP contribution in [0.25, 0.3) is 0 Å². The second-order valence-corrected chi connectivity index (χ2v) is 9.79. The second-order valence-electron chi connectivity index (χ2n) is 9.79. The number of nitrogens with zero attached hydrogens (tertiary/aromatic N) is 3. The number of hydrogen-bond donors (Lipinski definition) is 2. The van der Waals surface area contributed by atoms with Gasteiger partial charge in [-0.05, 0) is 86.5 Å². The lowest BCUT2D eigenvalue weighted by Crippen LogP contribution is -2.39. The maximum absolute atomic E-state index is 12.7. The van der Waals surface area contributed by atoms with Crippen LogP contribution in [-0.4, -0.2) is 36.8 Å². The van der Waals surface area contributed by atoms with E-state index >= 15 is 0 Å². The van der Waals surface area contributed by atoms with Gasteiger partial charge in [0.2, 0.25) is 5.91 Å². The number of anilines is 1. The molecule has 1 heterocycles. The van der Waals surface area contributed by atoms with Gasteiger partial charge in [-0.25, -0.2) is 5.01 Å². The summed E-state index contributed by atoms with van der Waals surface area (Å²) in [5, 5.41) is 11.7. The van der Waals surface area contributed by atoms with Crippen LogP contribution in [0.4, 0.5) is 5.69 Å². The number of piperidine rings is 1. The van der Waals surface area contributed by atoms with Crippen molar-refractivity contribution in [3.63, 3.8) is 0 Å². The molecule has 1 aromatic carbocycles. The van der Waals surface area contributed by atoms with Gasteiger partial charge in [-0.15, -0.1) is 0 Å². The first-order chi connectivity index (χ1) is 15.7. The molecule has 2 unspecified atom stereocenters. The smallest absolute Gasteiger partial charge is 0.222 e. The molecule has 2 atom stereocenters. The summed E-state index contributed by atoms with van der Waals surface area (Å²) >= 11 is 0. The molecule has 0 radical (unpaired) electrons. The zero-order valence-corrected chi connectivity index (χ0v) is 19.0. The molecule has 7 nitrogen and oxygen atoms in total. The van der Waals surface area contributed by atoms with Crippen LogP contribution in [0.1, 0.15) is 64.2 Å². The molecule has 0 aromatic heterocycles. The third kappa shape index (κ3) is 5.87. The molecule has 3 aliphatic rings. The number of rotatable bonds is 10. The summed E-state index contributed by atoms with van der Waals surface area (Å²) in [7, 11) is 0. The van der Waals surface area contributed by atoms with E-state index in [4.69, 9.17) is 15.7 Å². The molecular weight excluding hydrogens is 402 g/mol. The molecule has 174 valence electrons. The molecule has 2 saturated carbocycles. The standard InChI is InChI=1S/C25H37N5O2/c26-18-30(28-27)22-6-8-23(9-7-22)32-15-12-21-17-24(21)20-10-13-29(14-11-20)25(31)16-19-4-2-1-3-5-19/h6-9,18-21,24,26-27H,1-5,10-17H2. The normalized spacial score (nSPS) is 24.1. The van der Waals surface area contributed by atoms with Crippen LogP contribution in [0.3, 0.4) is 0 Å². The van der Waals surface area contributed by atoms with Crippen molar-refractivity contribution in [2.75, 3.05) is 24.7 Å². The molecular formula is C25H37N5O2. The first-order valence-corrected chi connectivity index (χ1v) is 12.4. The lowest BCUT2D eigenvalue weighted by atomic mass is 9.86. The number of hydrogen-bond acceptors (Lipinski definition) is 5. The van der Waals surface area contributed by atoms with Gasteiger partial charge in [-0.2, -0.15) is 5.53 Å². The third-order valence-electron chi connectivity index (χ3n) is 7.75. The van der Waals surface area contributed by atoms with Crippen molar-refractivity contribution in [2.24, 2.45) is 28.9 Å². The van der Waals surface area contributed by atoms with Crippen molar-refractivity contribution >= 4 is 17.9 Å². The molecule has 1 aliphatic heterocycles. The van der Waals surface area contributed by atoms with Gasteiger partial charge in [0.25, 0.3) is 0 Å². The highest BCUT2D eigenvalue weighted by atomic mass is 16.5. The SMILES string of the molecule is N=CN(N=N)c1ccc(OCCC2CC2C2CCN(C(=O)CC3CCCCC3)CC2)cc1. The van der Waals surface area contributed by atoms with Gasteiger partial charge < -0.3 is 9.64 Å². The topological polar surface area (TPSA) is 92.8 Å². The van der Waals surface area contributed by atoms with E-state index in [1.807, 2.05) is 24.3 Å². The predicted molar refractivity (Wildman–Crippen MR) is 125 cm³/mol. The van der Waals surface area contributed by atoms with E-state index in [2.05, 4.69) is 10.1 Å². The largest absolute Gasteiger partial charge is 0.494 e. The zero-order valence-electron chi connectivity index (χ0n) is 19.0. The summed E-state index contributed by atoms with van der Waals surface area (Å²) in [5.74, 6) is 4.21. The summed E-state index contributed by atoms with van der Waals surface area (Å²) in [6.07, 6.45) is 13.0. The summed E-state index contributed by atoms with van der Waals surface area (Å²) in [6, 6.07) is 7.34. The Morgan fingerprint density at radius 2 is 1.84 bits per heavy atom. The van der Waals surface area contributed by atoms with Gasteiger partial charge in [-0.1, -0.05) is 24.5 Å². The van der Waals surface area contributed by atoms with Crippen molar-refractivity contribution in [3.05, 3.63) is 24.3 Å². The first-order valence-electron chi connectivity index (χ1n) is 12.4. The summed E-state index contributed by atoms with van der Waals surface area (Å²) in [5.41, 5.74) is 7.73. The van der Waals surface area contributed by atoms with Crippen LogP contribution in [-0.2, 0) is 4.79 Å². The van der Waals surface area contributed by atoms with Crippen molar-refractivity contribution in [1.29, 1.82) is 10.9 Å². The number of amides is 1. The molecule has 4 rings (SSSR count). The Labute approximate surface area is 191 Å². The summed E-state index contributed by atoms with van der Waals surface area (Å²) in [4.78, 5) is 14.8. The van der Waals surface area contributed by atoms with Gasteiger partial charge in [0, 0.05) is 19.5 Å². The average Bonchev–Trinajstić information content (AvgIpc) is 3.61. The monoisotopic (exact) mass is 439 g/mol. The fraction of sp³-hybridized carbons (Fsp3) is 0.680. The Morgan fingerprint density at radius 1 is 1.12 bits per heavy atom. The van der Waals surface area contributed by atoms with Gasteiger partial charge in [0.05, 0.1) is 12.3 Å². The molecule has 7 heteroatoms. The van der Waals surface area contributed by atoms with E-state index in [-0.39, 0.29) is 0 Å². The highest BCUT2D eigenvalue weighted by Gasteiger charge is 2.43. The van der Waals surface area contributed by atoms with E-state index in [9.17, 15) is 4.79 Å². The molecule has 0 spiro atoms. The van der Waals surface area contributed by atoms with Crippen LogP contribution >= 0.6 is 0 Å². The fourth-order valence-corrected chi connectivity index (χ4v) is 5.71. The van der Waals surface area contributed by atoms with Crippen molar-refractivity contribution < 1.29 is 9.53 Å². The van der Waals surface area contributed by atoms with Gasteiger partial charge in [0.1, 0.15) is 12.1 Å². The quantitative estimate of drug-likeness (QED) is 0.213. The Bertz CT molecular complexity index is 761. The van der Waals surface area contributed by atoms with Crippen molar-refractivity contribution in [2.45, 2.75) is 64.2 Å². The fourth-order valence-electron chi connectivity index (χ4n) is 5.71. The van der Waals surface area contributed by atoms with Crippen LogP contribution < -0.4 is 9.75 Å². The Balaban J connectivity index is 1.12. The molecule has 3 fully saturated rings. The number of carbonyl (C=O) groups excluding carboxylic acids is 1. The van der Waals surface area contributed by atoms with Gasteiger partial charge >= 0.3 is 0 Å². The van der Waals surface area contributed by atoms with Crippen LogP contribution in [0.2, 0.25) is 0 Å². The summed E-state index contributed by atoms with van der Waals surface area (Å²) < 4.78 is 5.91. The maximum atomic E-state index is 12.7. The van der Waals surface area contributed by atoms with E-state index in [0.717, 1.165) is 62.4 Å². The number of benzene rings is 1. The zero-order chi connectivity index (χ0) is 22.3. The Hall–Kier alpha value is -2.44. The average molecular weight is 440 g/mol. The number of carbonyl (C=O) groups is 1. The van der Waals surface area contributed by atoms with Crippen LogP contribution in [0, 0.1) is 34.6 Å². The highest BCUT2D eigenvalue weighted by molar-refractivity contribution is 5.76. The predicted octanol–water partition coefficient (Wildman–Crippen LogP) is 5.66. The Kier molecular flexibility index (Phi) is 7.76. The molecule has 0 bridgehead atoms. The highest BCUT2D eigenvalue weighted by Crippen LogP contribution is 2.49. The minimum absolute atomic E-state index is 0.405. The Morgan fingerprint density at radius 3 is 2.50 bits per heavy atom. The number of likely N-dealkylation sites (tertiary alicyclic amines) is 1. The lowest BCUT2D eigenvalue weighted by Gasteiger charge is -2.34. The summed E-state index contributed by atoms with van der Waals surface area (Å²) in [6.45, 7) is 2.63. The lowest BCUT2D eigenvalue weighted by molar-refractivity contribution is -0.134. The minimum atomic E-state index is 0.405. The molecule has 1 amide bonds. The van der Waals surface area contributed by atoms with E-state index in [1.165, 1.54) is 56.4 Å². The number of ether oxygens (including phenoxy) is 1. The van der Waals surface area contributed by atoms with Crippen LogP contribution in [0.15, 0.2) is 29.5 Å². The maximum Gasteiger partial charge on any atom is 0.222 e. The van der Waals surface area contributed by atoms with E-state index in [1.54, 1.807) is 0 Å². The number of nitrogens with one attached hydrogen (secondary N) is 2. The molecule has 1 saturated heterocycles. The van der Waals surface area contributed by atoms with Crippen molar-refractivity contribution in [1.82, 2.24) is 4.90 Å². The first kappa shape index (κ1) is 22.7. The van der Waals surface area contributed by atoms with Gasteiger partial charge in [0.15, 0.2) is 0 Å². The van der Waals surface area contributed by atoms with E-state index < -0.39 is 0 Å². The second kappa shape index (κ2) is 10.9. The van der Waals surface area contributed by atoms with Crippen molar-refractivity contribution in [3.8, 4) is 5.75 Å². The van der Waals surface area contributed by atoms with Crippen LogP contribution in [0.5, 0.6) is 5.75 Å². The minimum Gasteiger partial charge on any atom is -0.494 e. The molecule has 32 heavy (non-hydrogen) atoms. The third-order valence-corrected chi connectivity index (χ3v) is 7.75. The molecule has 1 aromatic rings. The molecule has 2 aliphatic carbocycles.